The summed E-state index contributed by atoms with van der Waals surface area (Å²) in [7, 11) is 4.03. The van der Waals surface area contributed by atoms with Crippen molar-refractivity contribution < 1.29 is 24.2 Å². The molecule has 0 aliphatic carbocycles. The molecule has 2 aromatic carbocycles. The second kappa shape index (κ2) is 12.9. The highest BCUT2D eigenvalue weighted by atomic mass is 16.5. The van der Waals surface area contributed by atoms with Crippen molar-refractivity contribution in [1.82, 2.24) is 20.4 Å². The van der Waals surface area contributed by atoms with Crippen molar-refractivity contribution in [2.24, 2.45) is 5.92 Å². The Balaban J connectivity index is 1.59. The Bertz CT molecular complexity index is 1110. The van der Waals surface area contributed by atoms with Gasteiger partial charge in [0.15, 0.2) is 0 Å². The first-order valence-corrected chi connectivity index (χ1v) is 13.3. The molecular formula is C29H38N4O5. The average Bonchev–Trinajstić information content (AvgIpc) is 3.32. The van der Waals surface area contributed by atoms with E-state index in [9.17, 15) is 14.4 Å². The summed E-state index contributed by atoms with van der Waals surface area (Å²) >= 11 is 0. The van der Waals surface area contributed by atoms with Gasteiger partial charge in [-0.2, -0.15) is 0 Å². The SMILES string of the molecule is CN(C)CCCCNC(=O)[C@H]1C[C@H]2C(=O)N[C@@H](Cc3ccccc3)C(=O)N2[C@H]1c1cccc(OCCO)c1. The number of carbonyl (C=O) groups is 3. The molecule has 4 atom stereocenters. The number of ether oxygens (including phenoxy) is 1. The summed E-state index contributed by atoms with van der Waals surface area (Å²) in [5.41, 5.74) is 1.68. The van der Waals surface area contributed by atoms with Crippen LogP contribution in [-0.2, 0) is 20.8 Å². The van der Waals surface area contributed by atoms with Crippen LogP contribution >= 0.6 is 0 Å². The lowest BCUT2D eigenvalue weighted by atomic mass is 9.92. The maximum absolute atomic E-state index is 13.8. The summed E-state index contributed by atoms with van der Waals surface area (Å²) in [6, 6.07) is 14.8. The molecule has 3 N–H and O–H groups in total. The number of nitrogens with one attached hydrogen (secondary N) is 2. The van der Waals surface area contributed by atoms with Gasteiger partial charge in [-0.15, -0.1) is 0 Å². The van der Waals surface area contributed by atoms with E-state index in [2.05, 4.69) is 15.5 Å². The topological polar surface area (TPSA) is 111 Å². The quantitative estimate of drug-likeness (QED) is 0.365. The summed E-state index contributed by atoms with van der Waals surface area (Å²) in [4.78, 5) is 44.3. The Hall–Kier alpha value is -3.43. The van der Waals surface area contributed by atoms with E-state index in [1.165, 1.54) is 0 Å². The highest BCUT2D eigenvalue weighted by Gasteiger charge is 2.54. The third kappa shape index (κ3) is 6.52. The van der Waals surface area contributed by atoms with Gasteiger partial charge in [0.1, 0.15) is 24.4 Å². The Morgan fingerprint density at radius 2 is 1.92 bits per heavy atom. The summed E-state index contributed by atoms with van der Waals surface area (Å²) in [6.07, 6.45) is 2.44. The van der Waals surface area contributed by atoms with Gasteiger partial charge < -0.3 is 30.3 Å². The van der Waals surface area contributed by atoms with Crippen LogP contribution < -0.4 is 15.4 Å². The minimum Gasteiger partial charge on any atom is -0.491 e. The van der Waals surface area contributed by atoms with Gasteiger partial charge in [-0.1, -0.05) is 42.5 Å². The fourth-order valence-corrected chi connectivity index (χ4v) is 5.38. The second-order valence-corrected chi connectivity index (χ2v) is 10.2. The molecule has 2 saturated heterocycles. The molecule has 2 heterocycles. The van der Waals surface area contributed by atoms with Crippen LogP contribution in [0, 0.1) is 5.92 Å². The van der Waals surface area contributed by atoms with Crippen LogP contribution in [0.25, 0.3) is 0 Å². The first kappa shape index (κ1) is 27.6. The van der Waals surface area contributed by atoms with Gasteiger partial charge in [0.2, 0.25) is 17.7 Å². The number of piperazine rings is 1. The predicted molar refractivity (Wildman–Crippen MR) is 143 cm³/mol. The van der Waals surface area contributed by atoms with Crippen molar-refractivity contribution in [2.75, 3.05) is 40.4 Å². The van der Waals surface area contributed by atoms with E-state index in [4.69, 9.17) is 9.84 Å². The molecule has 2 aliphatic rings. The number of hydrogen-bond acceptors (Lipinski definition) is 6. The molecular weight excluding hydrogens is 484 g/mol. The first-order chi connectivity index (χ1) is 18.4. The van der Waals surface area contributed by atoms with E-state index in [0.717, 1.165) is 30.5 Å². The highest BCUT2D eigenvalue weighted by Crippen LogP contribution is 2.44. The number of rotatable bonds is 12. The zero-order valence-electron chi connectivity index (χ0n) is 22.1. The third-order valence-corrected chi connectivity index (χ3v) is 7.18. The summed E-state index contributed by atoms with van der Waals surface area (Å²) < 4.78 is 5.61. The molecule has 0 radical (unpaired) electrons. The van der Waals surface area contributed by atoms with Gasteiger partial charge in [0.25, 0.3) is 0 Å². The van der Waals surface area contributed by atoms with E-state index in [-0.39, 0.29) is 37.4 Å². The van der Waals surface area contributed by atoms with Crippen LogP contribution in [-0.4, -0.2) is 85.1 Å². The Kier molecular flexibility index (Phi) is 9.36. The lowest BCUT2D eigenvalue weighted by Crippen LogP contribution is -2.62. The minimum absolute atomic E-state index is 0.124. The fourth-order valence-electron chi connectivity index (χ4n) is 5.38. The van der Waals surface area contributed by atoms with E-state index >= 15 is 0 Å². The average molecular weight is 523 g/mol. The van der Waals surface area contributed by atoms with E-state index < -0.39 is 24.0 Å². The number of aliphatic hydroxyl groups excluding tert-OH is 1. The van der Waals surface area contributed by atoms with Gasteiger partial charge in [-0.3, -0.25) is 14.4 Å². The van der Waals surface area contributed by atoms with Crippen LogP contribution in [0.5, 0.6) is 5.75 Å². The monoisotopic (exact) mass is 522 g/mol. The highest BCUT2D eigenvalue weighted by molar-refractivity contribution is 5.99. The van der Waals surface area contributed by atoms with E-state index in [1.807, 2.05) is 56.6 Å². The lowest BCUT2D eigenvalue weighted by Gasteiger charge is -2.38. The number of aliphatic hydroxyl groups is 1. The molecule has 0 spiro atoms. The zero-order valence-corrected chi connectivity index (χ0v) is 22.1. The van der Waals surface area contributed by atoms with E-state index in [1.54, 1.807) is 17.0 Å². The third-order valence-electron chi connectivity index (χ3n) is 7.18. The number of fused-ring (bicyclic) bond motifs is 1. The number of nitrogens with zero attached hydrogens (tertiary/aromatic N) is 2. The molecule has 2 aromatic rings. The fraction of sp³-hybridized carbons (Fsp3) is 0.483. The Morgan fingerprint density at radius 1 is 1.13 bits per heavy atom. The lowest BCUT2D eigenvalue weighted by molar-refractivity contribution is -0.149. The molecule has 3 amide bonds. The van der Waals surface area contributed by atoms with Crippen LogP contribution in [0.2, 0.25) is 0 Å². The predicted octanol–water partition coefficient (Wildman–Crippen LogP) is 1.52. The minimum atomic E-state index is -0.717. The van der Waals surface area contributed by atoms with Crippen LogP contribution in [0.4, 0.5) is 0 Å². The smallest absolute Gasteiger partial charge is 0.246 e. The van der Waals surface area contributed by atoms with Gasteiger partial charge in [-0.25, -0.2) is 0 Å². The van der Waals surface area contributed by atoms with Crippen LogP contribution in [0.15, 0.2) is 54.6 Å². The van der Waals surface area contributed by atoms with Crippen LogP contribution in [0.3, 0.4) is 0 Å². The normalized spacial score (nSPS) is 22.8. The molecule has 9 heteroatoms. The molecule has 38 heavy (non-hydrogen) atoms. The van der Waals surface area contributed by atoms with Gasteiger partial charge in [0, 0.05) is 13.0 Å². The first-order valence-electron chi connectivity index (χ1n) is 13.3. The number of hydrogen-bond donors (Lipinski definition) is 3. The zero-order chi connectivity index (χ0) is 27.1. The molecule has 0 bridgehead atoms. The molecule has 2 aliphatic heterocycles. The molecule has 4 rings (SSSR count). The van der Waals surface area contributed by atoms with E-state index in [0.29, 0.717) is 18.7 Å². The number of amides is 3. The molecule has 204 valence electrons. The summed E-state index contributed by atoms with van der Waals surface area (Å²) in [5.74, 6) is -0.614. The number of carbonyl (C=O) groups excluding carboxylic acids is 3. The standard InChI is InChI=1S/C29H38N4O5/c1-32(2)14-7-6-13-30-27(35)23-19-25-28(36)31-24(17-20-9-4-3-5-10-20)29(37)33(25)26(23)21-11-8-12-22(18-21)38-16-15-34/h3-5,8-12,18,23-26,34H,6-7,13-17,19H2,1-2H3,(H,30,35)(H,31,36)/t23-,24-,25-,26-/m0/s1. The molecule has 2 fully saturated rings. The van der Waals surface area contributed by atoms with Gasteiger partial charge in [-0.05, 0) is 63.2 Å². The maximum atomic E-state index is 13.8. The van der Waals surface area contributed by atoms with Gasteiger partial charge >= 0.3 is 0 Å². The van der Waals surface area contributed by atoms with Crippen molar-refractivity contribution in [3.63, 3.8) is 0 Å². The largest absolute Gasteiger partial charge is 0.491 e. The maximum Gasteiger partial charge on any atom is 0.246 e. The molecule has 0 aromatic heterocycles. The number of benzene rings is 2. The van der Waals surface area contributed by atoms with Gasteiger partial charge in [0.05, 0.1) is 18.6 Å². The summed E-state index contributed by atoms with van der Waals surface area (Å²) in [5, 5.41) is 15.1. The van der Waals surface area contributed by atoms with Crippen molar-refractivity contribution in [3.05, 3.63) is 65.7 Å². The molecule has 0 unspecified atom stereocenters. The van der Waals surface area contributed by atoms with Crippen LogP contribution in [0.1, 0.15) is 36.4 Å². The Morgan fingerprint density at radius 3 is 2.66 bits per heavy atom. The number of unbranched alkanes of at least 4 members (excludes halogenated alkanes) is 1. The molecule has 0 saturated carbocycles. The molecule has 9 nitrogen and oxygen atoms in total. The summed E-state index contributed by atoms with van der Waals surface area (Å²) in [6.45, 7) is 1.49. The Labute approximate surface area is 224 Å². The van der Waals surface area contributed by atoms with Crippen molar-refractivity contribution in [2.45, 2.75) is 43.8 Å². The second-order valence-electron chi connectivity index (χ2n) is 10.2. The van der Waals surface area contributed by atoms with Crippen molar-refractivity contribution in [3.8, 4) is 5.75 Å². The van der Waals surface area contributed by atoms with Crippen molar-refractivity contribution >= 4 is 17.7 Å². The van der Waals surface area contributed by atoms with Crippen molar-refractivity contribution in [1.29, 1.82) is 0 Å².